The highest BCUT2D eigenvalue weighted by Crippen LogP contribution is 2.42. The van der Waals surface area contributed by atoms with Crippen LogP contribution in [0.15, 0.2) is 87.8 Å². The summed E-state index contributed by atoms with van der Waals surface area (Å²) in [6.45, 7) is 0. The van der Waals surface area contributed by atoms with Crippen LogP contribution in [0.5, 0.6) is 0 Å². The van der Waals surface area contributed by atoms with E-state index < -0.39 is 0 Å². The topological polar surface area (TPSA) is 13.1 Å². The van der Waals surface area contributed by atoms with Gasteiger partial charge in [-0.1, -0.05) is 72.8 Å². The van der Waals surface area contributed by atoms with Crippen LogP contribution in [0.4, 0.5) is 0 Å². The van der Waals surface area contributed by atoms with Gasteiger partial charge in [0, 0.05) is 10.9 Å². The van der Waals surface area contributed by atoms with Gasteiger partial charge in [0.05, 0.1) is 4.47 Å². The van der Waals surface area contributed by atoms with Gasteiger partial charge in [-0.2, -0.15) is 0 Å². The fraction of sp³-hybridized carbons (Fsp3) is 0. The van der Waals surface area contributed by atoms with Gasteiger partial charge in [0.2, 0.25) is 0 Å². The Hall–Kier alpha value is -2.32. The quantitative estimate of drug-likeness (QED) is 0.401. The Kier molecular flexibility index (Phi) is 3.32. The summed E-state index contributed by atoms with van der Waals surface area (Å²) in [7, 11) is 0. The standard InChI is InChI=1S/C20H13BrO/c21-19-18-16(14-8-3-1-4-9-14)12-7-13-17(18)22-20(19)15-10-5-2-6-11-15/h1-13H. The van der Waals surface area contributed by atoms with E-state index in [0.717, 1.165) is 26.8 Å². The van der Waals surface area contributed by atoms with Crippen molar-refractivity contribution in [1.29, 1.82) is 0 Å². The summed E-state index contributed by atoms with van der Waals surface area (Å²) in [4.78, 5) is 0. The summed E-state index contributed by atoms with van der Waals surface area (Å²) in [6.07, 6.45) is 0. The Bertz CT molecular complexity index is 924. The minimum absolute atomic E-state index is 0.874. The molecule has 0 saturated heterocycles. The zero-order valence-corrected chi connectivity index (χ0v) is 13.4. The highest BCUT2D eigenvalue weighted by atomic mass is 79.9. The fourth-order valence-electron chi connectivity index (χ4n) is 2.74. The Morgan fingerprint density at radius 3 is 1.95 bits per heavy atom. The van der Waals surface area contributed by atoms with Gasteiger partial charge in [-0.15, -0.1) is 0 Å². The molecule has 1 nitrogen and oxygen atoms in total. The fourth-order valence-corrected chi connectivity index (χ4v) is 3.46. The molecule has 0 amide bonds. The zero-order chi connectivity index (χ0) is 14.9. The third kappa shape index (κ3) is 2.16. The van der Waals surface area contributed by atoms with E-state index in [1.807, 2.05) is 36.4 Å². The lowest BCUT2D eigenvalue weighted by Crippen LogP contribution is -1.79. The van der Waals surface area contributed by atoms with Gasteiger partial charge in [0.25, 0.3) is 0 Å². The molecule has 1 aromatic heterocycles. The molecule has 22 heavy (non-hydrogen) atoms. The molecule has 0 aliphatic carbocycles. The molecule has 0 aliphatic heterocycles. The van der Waals surface area contributed by atoms with E-state index in [2.05, 4.69) is 58.4 Å². The molecule has 0 radical (unpaired) electrons. The highest BCUT2D eigenvalue weighted by molar-refractivity contribution is 9.10. The normalized spacial score (nSPS) is 11.0. The Morgan fingerprint density at radius 1 is 0.636 bits per heavy atom. The van der Waals surface area contributed by atoms with Gasteiger partial charge in [-0.05, 0) is 33.1 Å². The highest BCUT2D eigenvalue weighted by Gasteiger charge is 2.17. The molecular formula is C20H13BrO. The summed E-state index contributed by atoms with van der Waals surface area (Å²) in [5.74, 6) is 0.874. The Labute approximate surface area is 137 Å². The molecule has 4 aromatic rings. The van der Waals surface area contributed by atoms with Crippen LogP contribution in [0.1, 0.15) is 0 Å². The third-order valence-corrected chi connectivity index (χ3v) is 4.53. The van der Waals surface area contributed by atoms with E-state index in [0.29, 0.717) is 0 Å². The van der Waals surface area contributed by atoms with Crippen LogP contribution in [0.2, 0.25) is 0 Å². The van der Waals surface area contributed by atoms with E-state index >= 15 is 0 Å². The molecule has 0 fully saturated rings. The van der Waals surface area contributed by atoms with Crippen molar-refractivity contribution in [3.63, 3.8) is 0 Å². The summed E-state index contributed by atoms with van der Waals surface area (Å²) in [5.41, 5.74) is 4.33. The average Bonchev–Trinajstić information content (AvgIpc) is 2.94. The monoisotopic (exact) mass is 348 g/mol. The summed E-state index contributed by atoms with van der Waals surface area (Å²) in [5, 5.41) is 1.12. The van der Waals surface area contributed by atoms with Crippen LogP contribution >= 0.6 is 15.9 Å². The minimum atomic E-state index is 0.874. The molecule has 0 unspecified atom stereocenters. The lowest BCUT2D eigenvalue weighted by molar-refractivity contribution is 0.630. The van der Waals surface area contributed by atoms with Crippen LogP contribution in [-0.2, 0) is 0 Å². The van der Waals surface area contributed by atoms with Crippen molar-refractivity contribution >= 4 is 26.9 Å². The number of hydrogen-bond donors (Lipinski definition) is 0. The van der Waals surface area contributed by atoms with E-state index in [-0.39, 0.29) is 0 Å². The van der Waals surface area contributed by atoms with E-state index in [4.69, 9.17) is 4.42 Å². The van der Waals surface area contributed by atoms with Crippen molar-refractivity contribution in [2.75, 3.05) is 0 Å². The molecule has 106 valence electrons. The molecule has 0 atom stereocenters. The molecule has 0 bridgehead atoms. The van der Waals surface area contributed by atoms with Crippen LogP contribution in [0.25, 0.3) is 33.4 Å². The first-order chi connectivity index (χ1) is 10.8. The van der Waals surface area contributed by atoms with E-state index in [1.165, 1.54) is 11.1 Å². The van der Waals surface area contributed by atoms with Crippen LogP contribution in [-0.4, -0.2) is 0 Å². The number of benzene rings is 3. The second-order valence-electron chi connectivity index (χ2n) is 5.16. The van der Waals surface area contributed by atoms with Crippen molar-refractivity contribution < 1.29 is 4.42 Å². The lowest BCUT2D eigenvalue weighted by Gasteiger charge is -2.03. The minimum Gasteiger partial charge on any atom is -0.455 e. The van der Waals surface area contributed by atoms with Crippen molar-refractivity contribution in [3.05, 3.63) is 83.3 Å². The second-order valence-corrected chi connectivity index (χ2v) is 5.95. The third-order valence-electron chi connectivity index (χ3n) is 3.78. The Balaban J connectivity index is 2.00. The molecule has 1 heterocycles. The predicted octanol–water partition coefficient (Wildman–Crippen LogP) is 6.53. The molecule has 0 aliphatic rings. The van der Waals surface area contributed by atoms with Crippen molar-refractivity contribution in [1.82, 2.24) is 0 Å². The van der Waals surface area contributed by atoms with Gasteiger partial charge in [-0.25, -0.2) is 0 Å². The number of rotatable bonds is 2. The Morgan fingerprint density at radius 2 is 1.27 bits per heavy atom. The summed E-state index contributed by atoms with van der Waals surface area (Å²) in [6, 6.07) is 26.7. The van der Waals surface area contributed by atoms with Gasteiger partial charge >= 0.3 is 0 Å². The zero-order valence-electron chi connectivity index (χ0n) is 11.8. The van der Waals surface area contributed by atoms with Gasteiger partial charge < -0.3 is 4.42 Å². The molecule has 0 spiro atoms. The van der Waals surface area contributed by atoms with Crippen LogP contribution in [0, 0.1) is 0 Å². The summed E-state index contributed by atoms with van der Waals surface area (Å²) < 4.78 is 7.11. The average molecular weight is 349 g/mol. The summed E-state index contributed by atoms with van der Waals surface area (Å²) >= 11 is 3.74. The first-order valence-corrected chi connectivity index (χ1v) is 7.96. The van der Waals surface area contributed by atoms with Crippen LogP contribution < -0.4 is 0 Å². The largest absolute Gasteiger partial charge is 0.455 e. The smallest absolute Gasteiger partial charge is 0.149 e. The van der Waals surface area contributed by atoms with Gasteiger partial charge in [-0.3, -0.25) is 0 Å². The maximum absolute atomic E-state index is 6.10. The number of hydrogen-bond acceptors (Lipinski definition) is 1. The maximum Gasteiger partial charge on any atom is 0.149 e. The van der Waals surface area contributed by atoms with Crippen molar-refractivity contribution in [2.45, 2.75) is 0 Å². The molecule has 0 N–H and O–H groups in total. The van der Waals surface area contributed by atoms with Crippen molar-refractivity contribution in [3.8, 4) is 22.5 Å². The molecule has 3 aromatic carbocycles. The van der Waals surface area contributed by atoms with E-state index in [1.54, 1.807) is 0 Å². The van der Waals surface area contributed by atoms with Gasteiger partial charge in [0.1, 0.15) is 11.3 Å². The molecule has 4 rings (SSSR count). The van der Waals surface area contributed by atoms with E-state index in [9.17, 15) is 0 Å². The first-order valence-electron chi connectivity index (χ1n) is 7.16. The predicted molar refractivity (Wildman–Crippen MR) is 94.8 cm³/mol. The SMILES string of the molecule is Brc1c(-c2ccccc2)oc2cccc(-c3ccccc3)c12. The number of halogens is 1. The maximum atomic E-state index is 6.10. The van der Waals surface area contributed by atoms with Crippen LogP contribution in [0.3, 0.4) is 0 Å². The molecular weight excluding hydrogens is 336 g/mol. The van der Waals surface area contributed by atoms with Crippen molar-refractivity contribution in [2.24, 2.45) is 0 Å². The molecule has 0 saturated carbocycles. The molecule has 2 heteroatoms. The lowest BCUT2D eigenvalue weighted by atomic mass is 10.0. The number of fused-ring (bicyclic) bond motifs is 1. The van der Waals surface area contributed by atoms with Gasteiger partial charge in [0.15, 0.2) is 0 Å². The first kappa shape index (κ1) is 13.4. The second kappa shape index (κ2) is 5.47. The number of furan rings is 1.